The van der Waals surface area contributed by atoms with Crippen molar-refractivity contribution in [2.75, 3.05) is 11.9 Å². The molecule has 3 nitrogen and oxygen atoms in total. The van der Waals surface area contributed by atoms with E-state index in [1.54, 1.807) is 0 Å². The van der Waals surface area contributed by atoms with E-state index in [-0.39, 0.29) is 0 Å². The molecule has 0 aromatic carbocycles. The minimum absolute atomic E-state index is 0.865. The lowest BCUT2D eigenvalue weighted by molar-refractivity contribution is 0.740. The number of halogens is 1. The summed E-state index contributed by atoms with van der Waals surface area (Å²) in [6, 6.07) is 1.94. The SMILES string of the molecule is CCCCCNc1cc(Br)nc(CCC)n1. The molecule has 0 atom stereocenters. The average molecular weight is 286 g/mol. The number of anilines is 1. The lowest BCUT2D eigenvalue weighted by Crippen LogP contribution is -2.06. The Morgan fingerprint density at radius 2 is 2.00 bits per heavy atom. The molecule has 0 saturated heterocycles. The fourth-order valence-electron chi connectivity index (χ4n) is 1.48. The van der Waals surface area contributed by atoms with Gasteiger partial charge in [-0.05, 0) is 28.8 Å². The van der Waals surface area contributed by atoms with Gasteiger partial charge in [0.05, 0.1) is 0 Å². The third kappa shape index (κ3) is 4.92. The van der Waals surface area contributed by atoms with Crippen LogP contribution >= 0.6 is 15.9 Å². The zero-order valence-electron chi connectivity index (χ0n) is 10.1. The van der Waals surface area contributed by atoms with Gasteiger partial charge in [-0.15, -0.1) is 0 Å². The predicted octanol–water partition coefficient (Wildman–Crippen LogP) is 3.79. The van der Waals surface area contributed by atoms with Crippen LogP contribution in [0.1, 0.15) is 45.4 Å². The van der Waals surface area contributed by atoms with Gasteiger partial charge in [-0.2, -0.15) is 0 Å². The Kier molecular flexibility index (Phi) is 6.38. The first-order valence-corrected chi connectivity index (χ1v) is 6.83. The molecular formula is C12H20BrN3. The van der Waals surface area contributed by atoms with Gasteiger partial charge in [-0.3, -0.25) is 0 Å². The van der Waals surface area contributed by atoms with E-state index in [1.165, 1.54) is 19.3 Å². The maximum atomic E-state index is 4.47. The average Bonchev–Trinajstić information content (AvgIpc) is 2.24. The van der Waals surface area contributed by atoms with Crippen LogP contribution in [0, 0.1) is 0 Å². The van der Waals surface area contributed by atoms with Gasteiger partial charge in [0.2, 0.25) is 0 Å². The number of aryl methyl sites for hydroxylation is 1. The van der Waals surface area contributed by atoms with E-state index in [0.717, 1.165) is 35.6 Å². The topological polar surface area (TPSA) is 37.8 Å². The second-order valence-electron chi connectivity index (χ2n) is 3.88. The highest BCUT2D eigenvalue weighted by Crippen LogP contribution is 2.13. The summed E-state index contributed by atoms with van der Waals surface area (Å²) < 4.78 is 0.865. The molecule has 0 radical (unpaired) electrons. The monoisotopic (exact) mass is 285 g/mol. The fourth-order valence-corrected chi connectivity index (χ4v) is 1.90. The molecule has 16 heavy (non-hydrogen) atoms. The first kappa shape index (κ1) is 13.4. The van der Waals surface area contributed by atoms with E-state index in [0.29, 0.717) is 0 Å². The largest absolute Gasteiger partial charge is 0.370 e. The molecule has 1 aromatic rings. The Hall–Kier alpha value is -0.640. The number of hydrogen-bond donors (Lipinski definition) is 1. The number of rotatable bonds is 7. The molecule has 0 fully saturated rings. The summed E-state index contributed by atoms with van der Waals surface area (Å²) in [6.45, 7) is 5.34. The molecule has 90 valence electrons. The summed E-state index contributed by atoms with van der Waals surface area (Å²) >= 11 is 3.41. The van der Waals surface area contributed by atoms with E-state index in [4.69, 9.17) is 0 Å². The van der Waals surface area contributed by atoms with Crippen LogP contribution in [0.3, 0.4) is 0 Å². The number of aromatic nitrogens is 2. The predicted molar refractivity (Wildman–Crippen MR) is 71.7 cm³/mol. The van der Waals surface area contributed by atoms with Crippen molar-refractivity contribution in [1.82, 2.24) is 9.97 Å². The quantitative estimate of drug-likeness (QED) is 0.612. The van der Waals surface area contributed by atoms with Crippen molar-refractivity contribution in [3.05, 3.63) is 16.5 Å². The van der Waals surface area contributed by atoms with Gasteiger partial charge in [0.25, 0.3) is 0 Å². The van der Waals surface area contributed by atoms with Crippen molar-refractivity contribution in [2.45, 2.75) is 46.0 Å². The van der Waals surface area contributed by atoms with Crippen molar-refractivity contribution in [2.24, 2.45) is 0 Å². The van der Waals surface area contributed by atoms with Crippen LogP contribution in [0.25, 0.3) is 0 Å². The van der Waals surface area contributed by atoms with Crippen LogP contribution in [-0.4, -0.2) is 16.5 Å². The summed E-state index contributed by atoms with van der Waals surface area (Å²) in [4.78, 5) is 8.80. The maximum Gasteiger partial charge on any atom is 0.132 e. The fraction of sp³-hybridized carbons (Fsp3) is 0.667. The molecule has 0 unspecified atom stereocenters. The molecule has 0 bridgehead atoms. The molecule has 0 aliphatic rings. The molecule has 1 N–H and O–H groups in total. The van der Waals surface area contributed by atoms with E-state index in [9.17, 15) is 0 Å². The van der Waals surface area contributed by atoms with Gasteiger partial charge >= 0.3 is 0 Å². The summed E-state index contributed by atoms with van der Waals surface area (Å²) in [6.07, 6.45) is 5.72. The molecule has 0 aliphatic heterocycles. The molecular weight excluding hydrogens is 266 g/mol. The molecule has 0 aliphatic carbocycles. The molecule has 0 saturated carbocycles. The minimum atomic E-state index is 0.865. The van der Waals surface area contributed by atoms with Gasteiger partial charge in [0.15, 0.2) is 0 Å². The lowest BCUT2D eigenvalue weighted by Gasteiger charge is -2.07. The van der Waals surface area contributed by atoms with Crippen molar-refractivity contribution < 1.29 is 0 Å². The first-order valence-electron chi connectivity index (χ1n) is 6.03. The Balaban J connectivity index is 2.51. The van der Waals surface area contributed by atoms with Crippen molar-refractivity contribution in [3.8, 4) is 0 Å². The van der Waals surface area contributed by atoms with Crippen molar-refractivity contribution >= 4 is 21.7 Å². The van der Waals surface area contributed by atoms with Crippen LogP contribution in [0.2, 0.25) is 0 Å². The maximum absolute atomic E-state index is 4.47. The molecule has 1 aromatic heterocycles. The molecule has 1 heterocycles. The summed E-state index contributed by atoms with van der Waals surface area (Å²) in [7, 11) is 0. The highest BCUT2D eigenvalue weighted by Gasteiger charge is 2.01. The highest BCUT2D eigenvalue weighted by atomic mass is 79.9. The summed E-state index contributed by atoms with van der Waals surface area (Å²) in [5, 5.41) is 3.34. The second kappa shape index (κ2) is 7.60. The van der Waals surface area contributed by atoms with Crippen LogP contribution in [-0.2, 0) is 6.42 Å². The Morgan fingerprint density at radius 3 is 2.69 bits per heavy atom. The number of unbranched alkanes of at least 4 members (excludes halogenated alkanes) is 2. The second-order valence-corrected chi connectivity index (χ2v) is 4.69. The molecule has 0 amide bonds. The van der Waals surface area contributed by atoms with Crippen LogP contribution < -0.4 is 5.32 Å². The van der Waals surface area contributed by atoms with E-state index < -0.39 is 0 Å². The summed E-state index contributed by atoms with van der Waals surface area (Å²) in [5.74, 6) is 1.84. The smallest absolute Gasteiger partial charge is 0.132 e. The lowest BCUT2D eigenvalue weighted by atomic mass is 10.2. The Labute approximate surface area is 106 Å². The van der Waals surface area contributed by atoms with Crippen LogP contribution in [0.4, 0.5) is 5.82 Å². The van der Waals surface area contributed by atoms with Gasteiger partial charge in [0, 0.05) is 19.0 Å². The number of nitrogens with one attached hydrogen (secondary N) is 1. The van der Waals surface area contributed by atoms with Gasteiger partial charge in [0.1, 0.15) is 16.2 Å². The van der Waals surface area contributed by atoms with E-state index >= 15 is 0 Å². The van der Waals surface area contributed by atoms with Gasteiger partial charge in [-0.25, -0.2) is 9.97 Å². The van der Waals surface area contributed by atoms with Gasteiger partial charge in [-0.1, -0.05) is 26.7 Å². The first-order chi connectivity index (χ1) is 7.76. The Bertz CT molecular complexity index is 315. The Morgan fingerprint density at radius 1 is 1.19 bits per heavy atom. The summed E-state index contributed by atoms with van der Waals surface area (Å²) in [5.41, 5.74) is 0. The molecule has 4 heteroatoms. The number of hydrogen-bond acceptors (Lipinski definition) is 3. The minimum Gasteiger partial charge on any atom is -0.370 e. The van der Waals surface area contributed by atoms with Crippen LogP contribution in [0.5, 0.6) is 0 Å². The van der Waals surface area contributed by atoms with Gasteiger partial charge < -0.3 is 5.32 Å². The molecule has 1 rings (SSSR count). The van der Waals surface area contributed by atoms with E-state index in [2.05, 4.69) is 45.1 Å². The highest BCUT2D eigenvalue weighted by molar-refractivity contribution is 9.10. The third-order valence-electron chi connectivity index (χ3n) is 2.30. The third-order valence-corrected chi connectivity index (χ3v) is 2.71. The normalized spacial score (nSPS) is 10.4. The zero-order valence-corrected chi connectivity index (χ0v) is 11.7. The van der Waals surface area contributed by atoms with Crippen LogP contribution in [0.15, 0.2) is 10.7 Å². The standard InChI is InChI=1S/C12H20BrN3/c1-3-5-6-8-14-12-9-10(13)15-11(16-12)7-4-2/h9H,3-8H2,1-2H3,(H,14,15,16). The van der Waals surface area contributed by atoms with Crippen molar-refractivity contribution in [3.63, 3.8) is 0 Å². The van der Waals surface area contributed by atoms with Crippen molar-refractivity contribution in [1.29, 1.82) is 0 Å². The molecule has 0 spiro atoms. The zero-order chi connectivity index (χ0) is 11.8. The number of nitrogens with zero attached hydrogens (tertiary/aromatic N) is 2. The van der Waals surface area contributed by atoms with E-state index in [1.807, 2.05) is 6.07 Å².